The molecule has 0 aromatic heterocycles. The van der Waals surface area contributed by atoms with Gasteiger partial charge < -0.3 is 16.6 Å². The van der Waals surface area contributed by atoms with Gasteiger partial charge in [-0.15, -0.1) is 0 Å². The van der Waals surface area contributed by atoms with E-state index >= 15 is 0 Å². The van der Waals surface area contributed by atoms with Crippen LogP contribution in [0.4, 0.5) is 11.4 Å². The molecule has 0 radical (unpaired) electrons. The third kappa shape index (κ3) is 2.52. The van der Waals surface area contributed by atoms with Crippen LogP contribution in [0.2, 0.25) is 0 Å². The van der Waals surface area contributed by atoms with Crippen molar-refractivity contribution in [3.05, 3.63) is 47.5 Å². The predicted molar refractivity (Wildman–Crippen MR) is 77.0 cm³/mol. The molecule has 4 nitrogen and oxygen atoms in total. The fraction of sp³-hybridized carbons (Fsp3) is 0.133. The summed E-state index contributed by atoms with van der Waals surface area (Å²) in [4.78, 5) is 11.4. The van der Waals surface area contributed by atoms with E-state index in [2.05, 4.69) is 0 Å². The van der Waals surface area contributed by atoms with Crippen molar-refractivity contribution in [3.8, 4) is 11.1 Å². The molecule has 0 unspecified atom stereocenters. The van der Waals surface area contributed by atoms with Gasteiger partial charge in [-0.25, -0.2) is 4.79 Å². The van der Waals surface area contributed by atoms with Crippen molar-refractivity contribution in [2.45, 2.75) is 13.3 Å². The maximum absolute atomic E-state index is 11.4. The highest BCUT2D eigenvalue weighted by Crippen LogP contribution is 2.31. The smallest absolute Gasteiger partial charge is 0.336 e. The van der Waals surface area contributed by atoms with Gasteiger partial charge in [0.2, 0.25) is 0 Å². The molecular formula is C15H16N2O2. The summed E-state index contributed by atoms with van der Waals surface area (Å²) in [5.74, 6) is -0.966. The number of carbonyl (C=O) groups is 1. The zero-order valence-electron chi connectivity index (χ0n) is 10.7. The monoisotopic (exact) mass is 256 g/mol. The average Bonchev–Trinajstić information content (AvgIpc) is 2.40. The van der Waals surface area contributed by atoms with Gasteiger partial charge in [0.25, 0.3) is 0 Å². The first kappa shape index (κ1) is 13.0. The Kier molecular flexibility index (Phi) is 3.42. The molecule has 5 N–H and O–H groups in total. The minimum absolute atomic E-state index is 0.247. The van der Waals surface area contributed by atoms with Gasteiger partial charge in [-0.2, -0.15) is 0 Å². The molecule has 0 aliphatic heterocycles. The Balaban J connectivity index is 2.67. The standard InChI is InChI=1S/C15H16N2O2/c1-2-9-3-5-11(13(7-9)15(18)19)12-8-10(16)4-6-14(12)17/h3-8H,2,16-17H2,1H3,(H,18,19). The second kappa shape index (κ2) is 5.02. The van der Waals surface area contributed by atoms with E-state index in [9.17, 15) is 9.90 Å². The van der Waals surface area contributed by atoms with Gasteiger partial charge >= 0.3 is 5.97 Å². The zero-order valence-corrected chi connectivity index (χ0v) is 10.7. The van der Waals surface area contributed by atoms with Gasteiger partial charge in [-0.05, 0) is 41.8 Å². The molecule has 4 heteroatoms. The Morgan fingerprint density at radius 2 is 1.84 bits per heavy atom. The predicted octanol–water partition coefficient (Wildman–Crippen LogP) is 2.78. The SMILES string of the molecule is CCc1ccc(-c2cc(N)ccc2N)c(C(=O)O)c1. The van der Waals surface area contributed by atoms with Crippen LogP contribution in [0.1, 0.15) is 22.8 Å². The molecule has 0 atom stereocenters. The van der Waals surface area contributed by atoms with Gasteiger partial charge in [-0.1, -0.05) is 19.1 Å². The van der Waals surface area contributed by atoms with Crippen molar-refractivity contribution < 1.29 is 9.90 Å². The highest BCUT2D eigenvalue weighted by Gasteiger charge is 2.14. The molecule has 0 aliphatic carbocycles. The summed E-state index contributed by atoms with van der Waals surface area (Å²) in [7, 11) is 0. The van der Waals surface area contributed by atoms with Crippen LogP contribution in [0.25, 0.3) is 11.1 Å². The first-order valence-electron chi connectivity index (χ1n) is 6.04. The van der Waals surface area contributed by atoms with Gasteiger partial charge in [0.1, 0.15) is 0 Å². The maximum atomic E-state index is 11.4. The fourth-order valence-electron chi connectivity index (χ4n) is 2.03. The quantitative estimate of drug-likeness (QED) is 0.736. The second-order valence-corrected chi connectivity index (χ2v) is 4.39. The highest BCUT2D eigenvalue weighted by atomic mass is 16.4. The number of carboxylic acids is 1. The van der Waals surface area contributed by atoms with Gasteiger partial charge in [0.05, 0.1) is 5.56 Å². The number of aromatic carboxylic acids is 1. The molecule has 19 heavy (non-hydrogen) atoms. The minimum atomic E-state index is -0.966. The number of aryl methyl sites for hydroxylation is 1. The lowest BCUT2D eigenvalue weighted by atomic mass is 9.95. The lowest BCUT2D eigenvalue weighted by molar-refractivity contribution is 0.0697. The summed E-state index contributed by atoms with van der Waals surface area (Å²) in [6, 6.07) is 10.4. The molecule has 0 amide bonds. The van der Waals surface area contributed by atoms with E-state index < -0.39 is 5.97 Å². The normalized spacial score (nSPS) is 10.4. The Labute approximate surface area is 111 Å². The lowest BCUT2D eigenvalue weighted by Gasteiger charge is -2.11. The largest absolute Gasteiger partial charge is 0.478 e. The number of nitrogens with two attached hydrogens (primary N) is 2. The van der Waals surface area contributed by atoms with E-state index in [0.717, 1.165) is 12.0 Å². The van der Waals surface area contributed by atoms with Crippen LogP contribution in [0, 0.1) is 0 Å². The van der Waals surface area contributed by atoms with Gasteiger partial charge in [0, 0.05) is 16.9 Å². The van der Waals surface area contributed by atoms with E-state index in [-0.39, 0.29) is 5.56 Å². The number of hydrogen-bond donors (Lipinski definition) is 3. The molecule has 98 valence electrons. The van der Waals surface area contributed by atoms with Crippen LogP contribution >= 0.6 is 0 Å². The molecule has 0 fully saturated rings. The molecule has 0 saturated carbocycles. The van der Waals surface area contributed by atoms with Crippen molar-refractivity contribution >= 4 is 17.3 Å². The van der Waals surface area contributed by atoms with Crippen LogP contribution in [0.3, 0.4) is 0 Å². The van der Waals surface area contributed by atoms with E-state index in [1.165, 1.54) is 0 Å². The minimum Gasteiger partial charge on any atom is -0.478 e. The van der Waals surface area contributed by atoms with Crippen LogP contribution in [-0.4, -0.2) is 11.1 Å². The fourth-order valence-corrected chi connectivity index (χ4v) is 2.03. The molecule has 2 rings (SSSR count). The molecule has 0 saturated heterocycles. The van der Waals surface area contributed by atoms with Crippen molar-refractivity contribution in [1.29, 1.82) is 0 Å². The average molecular weight is 256 g/mol. The van der Waals surface area contributed by atoms with E-state index in [1.807, 2.05) is 13.0 Å². The number of carboxylic acid groups (broad SMARTS) is 1. The molecule has 2 aromatic carbocycles. The molecular weight excluding hydrogens is 240 g/mol. The Bertz CT molecular complexity index is 636. The third-order valence-corrected chi connectivity index (χ3v) is 3.09. The third-order valence-electron chi connectivity index (χ3n) is 3.09. The summed E-state index contributed by atoms with van der Waals surface area (Å²) in [6.07, 6.45) is 0.785. The number of anilines is 2. The summed E-state index contributed by atoms with van der Waals surface area (Å²) in [6.45, 7) is 1.98. The molecule has 0 bridgehead atoms. The summed E-state index contributed by atoms with van der Waals surface area (Å²) < 4.78 is 0. The van der Waals surface area contributed by atoms with Crippen molar-refractivity contribution in [2.24, 2.45) is 0 Å². The van der Waals surface area contributed by atoms with Gasteiger partial charge in [0.15, 0.2) is 0 Å². The number of hydrogen-bond acceptors (Lipinski definition) is 3. The second-order valence-electron chi connectivity index (χ2n) is 4.39. The van der Waals surface area contributed by atoms with Crippen LogP contribution in [-0.2, 0) is 6.42 Å². The van der Waals surface area contributed by atoms with Crippen LogP contribution in [0.15, 0.2) is 36.4 Å². The lowest BCUT2D eigenvalue weighted by Crippen LogP contribution is -2.03. The Morgan fingerprint density at radius 3 is 2.47 bits per heavy atom. The summed E-state index contributed by atoms with van der Waals surface area (Å²) in [5.41, 5.74) is 15.2. The van der Waals surface area contributed by atoms with E-state index in [4.69, 9.17) is 11.5 Å². The van der Waals surface area contributed by atoms with Crippen LogP contribution in [0.5, 0.6) is 0 Å². The highest BCUT2D eigenvalue weighted by molar-refractivity contribution is 5.98. The summed E-state index contributed by atoms with van der Waals surface area (Å²) in [5, 5.41) is 9.34. The van der Waals surface area contributed by atoms with E-state index in [1.54, 1.807) is 30.3 Å². The van der Waals surface area contributed by atoms with E-state index in [0.29, 0.717) is 22.5 Å². The van der Waals surface area contributed by atoms with Crippen molar-refractivity contribution in [2.75, 3.05) is 11.5 Å². The number of benzene rings is 2. The molecule has 0 aliphatic rings. The Morgan fingerprint density at radius 1 is 1.11 bits per heavy atom. The Hall–Kier alpha value is -2.49. The summed E-state index contributed by atoms with van der Waals surface area (Å²) >= 11 is 0. The van der Waals surface area contributed by atoms with Crippen molar-refractivity contribution in [3.63, 3.8) is 0 Å². The zero-order chi connectivity index (χ0) is 14.0. The molecule has 2 aromatic rings. The number of nitrogen functional groups attached to an aromatic ring is 2. The van der Waals surface area contributed by atoms with Gasteiger partial charge in [-0.3, -0.25) is 0 Å². The number of rotatable bonds is 3. The van der Waals surface area contributed by atoms with Crippen LogP contribution < -0.4 is 11.5 Å². The first-order chi connectivity index (χ1) is 9.02. The maximum Gasteiger partial charge on any atom is 0.336 e. The molecule has 0 spiro atoms. The molecule has 0 heterocycles. The topological polar surface area (TPSA) is 89.3 Å². The van der Waals surface area contributed by atoms with Crippen molar-refractivity contribution in [1.82, 2.24) is 0 Å². The first-order valence-corrected chi connectivity index (χ1v) is 6.04.